The molecule has 0 fully saturated rings. The summed E-state index contributed by atoms with van der Waals surface area (Å²) < 4.78 is 0. The van der Waals surface area contributed by atoms with Crippen molar-refractivity contribution in [2.45, 2.75) is 25.4 Å². The van der Waals surface area contributed by atoms with Crippen LogP contribution in [0.2, 0.25) is 5.02 Å². The molecule has 1 amide bonds. The zero-order valence-corrected chi connectivity index (χ0v) is 13.2. The molecule has 1 atom stereocenters. The number of nitrogens with zero attached hydrogens (tertiary/aromatic N) is 4. The minimum Gasteiger partial charge on any atom is -0.339 e. The van der Waals surface area contributed by atoms with Crippen molar-refractivity contribution in [2.24, 2.45) is 0 Å². The molecular formula is C16H14ClN5O. The second kappa shape index (κ2) is 5.03. The Morgan fingerprint density at radius 1 is 1.43 bits per heavy atom. The van der Waals surface area contributed by atoms with E-state index in [0.717, 1.165) is 28.7 Å². The van der Waals surface area contributed by atoms with Gasteiger partial charge in [-0.3, -0.25) is 4.79 Å². The number of carbonyl (C=O) groups excluding carboxylic acids is 1. The van der Waals surface area contributed by atoms with Crippen molar-refractivity contribution in [3.05, 3.63) is 52.8 Å². The van der Waals surface area contributed by atoms with Crippen LogP contribution in [0.1, 0.15) is 24.0 Å². The monoisotopic (exact) mass is 327 g/mol. The molecule has 7 heteroatoms. The van der Waals surface area contributed by atoms with Gasteiger partial charge in [0.25, 0.3) is 0 Å². The highest BCUT2D eigenvalue weighted by molar-refractivity contribution is 6.34. The van der Waals surface area contributed by atoms with Crippen LogP contribution < -0.4 is 0 Å². The minimum atomic E-state index is -0.606. The summed E-state index contributed by atoms with van der Waals surface area (Å²) in [5, 5.41) is 0.612. The number of para-hydroxylation sites is 1. The highest BCUT2D eigenvalue weighted by Crippen LogP contribution is 2.36. The molecule has 1 aromatic carbocycles. The molecule has 0 saturated heterocycles. The molecule has 0 radical (unpaired) electrons. The quantitative estimate of drug-likeness (QED) is 0.734. The highest BCUT2D eigenvalue weighted by Gasteiger charge is 2.41. The number of imidazole rings is 1. The second-order valence-electron chi connectivity index (χ2n) is 5.90. The van der Waals surface area contributed by atoms with E-state index >= 15 is 0 Å². The zero-order chi connectivity index (χ0) is 16.0. The lowest BCUT2D eigenvalue weighted by Crippen LogP contribution is -2.48. The molecule has 1 aliphatic heterocycles. The minimum absolute atomic E-state index is 0.459. The summed E-state index contributed by atoms with van der Waals surface area (Å²) in [5.41, 5.74) is 2.86. The maximum atomic E-state index is 11.7. The maximum absolute atomic E-state index is 11.7. The van der Waals surface area contributed by atoms with E-state index < -0.39 is 5.54 Å². The van der Waals surface area contributed by atoms with E-state index in [-0.39, 0.29) is 0 Å². The molecule has 0 saturated carbocycles. The van der Waals surface area contributed by atoms with Gasteiger partial charge in [-0.25, -0.2) is 15.0 Å². The number of fused-ring (bicyclic) bond motifs is 2. The Morgan fingerprint density at radius 3 is 3.09 bits per heavy atom. The molecule has 3 aromatic rings. The van der Waals surface area contributed by atoms with Crippen LogP contribution in [0.15, 0.2) is 30.7 Å². The van der Waals surface area contributed by atoms with Gasteiger partial charge >= 0.3 is 0 Å². The van der Waals surface area contributed by atoms with E-state index in [2.05, 4.69) is 19.9 Å². The number of carbonyl (C=O) groups is 1. The fourth-order valence-corrected chi connectivity index (χ4v) is 3.30. The van der Waals surface area contributed by atoms with Gasteiger partial charge in [0, 0.05) is 24.7 Å². The summed E-state index contributed by atoms with van der Waals surface area (Å²) in [4.78, 5) is 29.7. The topological polar surface area (TPSA) is 74.8 Å². The number of benzene rings is 1. The molecule has 6 nitrogen and oxygen atoms in total. The van der Waals surface area contributed by atoms with Crippen LogP contribution in [0.5, 0.6) is 0 Å². The number of hydrogen-bond acceptors (Lipinski definition) is 4. The van der Waals surface area contributed by atoms with E-state index in [0.29, 0.717) is 23.8 Å². The fourth-order valence-electron chi connectivity index (χ4n) is 3.09. The summed E-state index contributed by atoms with van der Waals surface area (Å²) in [7, 11) is 0. The van der Waals surface area contributed by atoms with Gasteiger partial charge in [0.2, 0.25) is 6.41 Å². The van der Waals surface area contributed by atoms with Crippen molar-refractivity contribution >= 4 is 29.0 Å². The zero-order valence-electron chi connectivity index (χ0n) is 12.5. The number of amides is 1. The molecule has 4 rings (SSSR count). The van der Waals surface area contributed by atoms with Crippen LogP contribution in [0.4, 0.5) is 0 Å². The number of aromatic amines is 1. The van der Waals surface area contributed by atoms with E-state index in [4.69, 9.17) is 11.6 Å². The standard InChI is InChI=1S/C16H14ClN5O/c1-16(15-20-12-4-2-3-11(17)14(12)21-15)5-13-10(6-18-8-19-13)7-22(16)9-23/h2-4,6,8-9H,5,7H2,1H3,(H,20,21). The van der Waals surface area contributed by atoms with Gasteiger partial charge < -0.3 is 9.88 Å². The van der Waals surface area contributed by atoms with Gasteiger partial charge in [-0.15, -0.1) is 0 Å². The predicted octanol–water partition coefficient (Wildman–Crippen LogP) is 2.44. The number of halogens is 1. The Hall–Kier alpha value is -2.47. The summed E-state index contributed by atoms with van der Waals surface area (Å²) in [6.45, 7) is 2.44. The van der Waals surface area contributed by atoms with Crippen molar-refractivity contribution < 1.29 is 4.79 Å². The van der Waals surface area contributed by atoms with Gasteiger partial charge in [-0.1, -0.05) is 17.7 Å². The average Bonchev–Trinajstić information content (AvgIpc) is 3.00. The lowest BCUT2D eigenvalue weighted by molar-refractivity contribution is -0.125. The molecule has 0 aliphatic carbocycles. The average molecular weight is 328 g/mol. The maximum Gasteiger partial charge on any atom is 0.210 e. The van der Waals surface area contributed by atoms with E-state index in [9.17, 15) is 4.79 Å². The predicted molar refractivity (Wildman–Crippen MR) is 85.8 cm³/mol. The van der Waals surface area contributed by atoms with Crippen LogP contribution >= 0.6 is 11.6 Å². The third-order valence-corrected chi connectivity index (χ3v) is 4.79. The first-order valence-electron chi connectivity index (χ1n) is 7.26. The van der Waals surface area contributed by atoms with Crippen molar-refractivity contribution in [1.29, 1.82) is 0 Å². The lowest BCUT2D eigenvalue weighted by Gasteiger charge is -2.41. The molecule has 3 heterocycles. The summed E-state index contributed by atoms with van der Waals surface area (Å²) >= 11 is 6.23. The molecule has 0 bridgehead atoms. The van der Waals surface area contributed by atoms with Gasteiger partial charge in [0.05, 0.1) is 21.7 Å². The number of aromatic nitrogens is 4. The van der Waals surface area contributed by atoms with E-state index in [1.54, 1.807) is 11.1 Å². The number of hydrogen-bond donors (Lipinski definition) is 1. The first kappa shape index (κ1) is 14.1. The summed E-state index contributed by atoms with van der Waals surface area (Å²) in [6.07, 6.45) is 4.71. The molecule has 2 aromatic heterocycles. The third kappa shape index (κ3) is 2.09. The second-order valence-corrected chi connectivity index (χ2v) is 6.31. The van der Waals surface area contributed by atoms with Crippen LogP contribution in [-0.4, -0.2) is 31.2 Å². The molecule has 0 spiro atoms. The Labute approximate surface area is 137 Å². The van der Waals surface area contributed by atoms with Gasteiger partial charge in [-0.05, 0) is 19.1 Å². The third-order valence-electron chi connectivity index (χ3n) is 4.47. The molecule has 1 aliphatic rings. The highest BCUT2D eigenvalue weighted by atomic mass is 35.5. The van der Waals surface area contributed by atoms with Crippen LogP contribution in [0, 0.1) is 0 Å². The van der Waals surface area contributed by atoms with E-state index in [1.807, 2.05) is 25.1 Å². The lowest BCUT2D eigenvalue weighted by atomic mass is 9.87. The summed E-state index contributed by atoms with van der Waals surface area (Å²) in [6, 6.07) is 5.57. The van der Waals surface area contributed by atoms with E-state index in [1.165, 1.54) is 6.33 Å². The normalized spacial score (nSPS) is 20.5. The van der Waals surface area contributed by atoms with Crippen molar-refractivity contribution in [3.8, 4) is 0 Å². The molecule has 23 heavy (non-hydrogen) atoms. The first-order valence-corrected chi connectivity index (χ1v) is 7.64. The van der Waals surface area contributed by atoms with Crippen LogP contribution in [-0.2, 0) is 23.3 Å². The molecular weight excluding hydrogens is 314 g/mol. The van der Waals surface area contributed by atoms with Crippen molar-refractivity contribution in [1.82, 2.24) is 24.8 Å². The largest absolute Gasteiger partial charge is 0.339 e. The SMILES string of the molecule is CC1(c2nc3cccc(Cl)c3[nH]2)Cc2ncncc2CN1C=O. The Bertz CT molecular complexity index is 908. The molecule has 1 unspecified atom stereocenters. The van der Waals surface area contributed by atoms with Gasteiger partial charge in [-0.2, -0.15) is 0 Å². The Balaban J connectivity index is 1.87. The Morgan fingerprint density at radius 2 is 2.30 bits per heavy atom. The van der Waals surface area contributed by atoms with Crippen molar-refractivity contribution in [2.75, 3.05) is 0 Å². The fraction of sp³-hybridized carbons (Fsp3) is 0.250. The number of rotatable bonds is 2. The van der Waals surface area contributed by atoms with Gasteiger partial charge in [0.15, 0.2) is 0 Å². The van der Waals surface area contributed by atoms with Gasteiger partial charge in [0.1, 0.15) is 17.7 Å². The number of H-pyrrole nitrogens is 1. The Kier molecular flexibility index (Phi) is 3.09. The summed E-state index contributed by atoms with van der Waals surface area (Å²) in [5.74, 6) is 0.706. The number of nitrogens with one attached hydrogen (secondary N) is 1. The molecule has 116 valence electrons. The van der Waals surface area contributed by atoms with Crippen LogP contribution in [0.25, 0.3) is 11.0 Å². The smallest absolute Gasteiger partial charge is 0.210 e. The first-order chi connectivity index (χ1) is 11.1. The van der Waals surface area contributed by atoms with Crippen LogP contribution in [0.3, 0.4) is 0 Å². The van der Waals surface area contributed by atoms with Crippen molar-refractivity contribution in [3.63, 3.8) is 0 Å². The molecule has 1 N–H and O–H groups in total.